The molecule has 1 aliphatic rings. The van der Waals surface area contributed by atoms with Gasteiger partial charge in [0.1, 0.15) is 0 Å². The van der Waals surface area contributed by atoms with E-state index in [1.165, 1.54) is 11.1 Å². The van der Waals surface area contributed by atoms with Crippen molar-refractivity contribution in [1.29, 1.82) is 0 Å². The summed E-state index contributed by atoms with van der Waals surface area (Å²) in [6.07, 6.45) is 3.22. The molecule has 0 radical (unpaired) electrons. The van der Waals surface area contributed by atoms with E-state index in [1.54, 1.807) is 0 Å². The van der Waals surface area contributed by atoms with Gasteiger partial charge in [-0.15, -0.1) is 0 Å². The van der Waals surface area contributed by atoms with E-state index in [0.717, 1.165) is 36.1 Å². The number of carbonyl (C=O) groups is 2. The maximum Gasteiger partial charge on any atom is 0.325 e. The number of nitrogens with zero attached hydrogens (tertiary/aromatic N) is 1. The SMILES string of the molecule is Cc1cccc(NC(=O)NC(=O)CN(C)[C@@H]2CCCc3ccccc32)c1C. The lowest BCUT2D eigenvalue weighted by Crippen LogP contribution is -2.42. The normalized spacial score (nSPS) is 15.9. The molecule has 2 aromatic rings. The van der Waals surface area contributed by atoms with Gasteiger partial charge in [0.25, 0.3) is 0 Å². The second-order valence-corrected chi connectivity index (χ2v) is 7.27. The second kappa shape index (κ2) is 8.35. The standard InChI is InChI=1S/C22H27N3O2/c1-15-8-6-12-19(16(15)2)23-22(27)24-21(26)14-25(3)20-13-7-10-17-9-4-5-11-18(17)20/h4-6,8-9,11-12,20H,7,10,13-14H2,1-3H3,(H2,23,24,26,27)/t20-/m1/s1. The Kier molecular flexibility index (Phi) is 5.91. The molecule has 0 saturated carbocycles. The van der Waals surface area contributed by atoms with Crippen molar-refractivity contribution in [3.8, 4) is 0 Å². The number of rotatable bonds is 4. The number of nitrogens with one attached hydrogen (secondary N) is 2. The second-order valence-electron chi connectivity index (χ2n) is 7.27. The Hall–Kier alpha value is -2.66. The van der Waals surface area contributed by atoms with Crippen LogP contribution in [0.2, 0.25) is 0 Å². The molecule has 3 amide bonds. The molecule has 0 bridgehead atoms. The maximum atomic E-state index is 12.3. The van der Waals surface area contributed by atoms with Crippen LogP contribution >= 0.6 is 0 Å². The van der Waals surface area contributed by atoms with Crippen LogP contribution in [0.4, 0.5) is 10.5 Å². The number of fused-ring (bicyclic) bond motifs is 1. The monoisotopic (exact) mass is 365 g/mol. The van der Waals surface area contributed by atoms with Gasteiger partial charge in [0.15, 0.2) is 0 Å². The summed E-state index contributed by atoms with van der Waals surface area (Å²) in [5, 5.41) is 5.20. The van der Waals surface area contributed by atoms with Crippen molar-refractivity contribution in [2.75, 3.05) is 18.9 Å². The van der Waals surface area contributed by atoms with Crippen LogP contribution in [-0.4, -0.2) is 30.4 Å². The van der Waals surface area contributed by atoms with Gasteiger partial charge in [-0.3, -0.25) is 15.0 Å². The van der Waals surface area contributed by atoms with Gasteiger partial charge in [-0.1, -0.05) is 36.4 Å². The van der Waals surface area contributed by atoms with Crippen LogP contribution in [0.25, 0.3) is 0 Å². The van der Waals surface area contributed by atoms with Crippen molar-refractivity contribution in [1.82, 2.24) is 10.2 Å². The minimum absolute atomic E-state index is 0.180. The van der Waals surface area contributed by atoms with Gasteiger partial charge in [0.2, 0.25) is 5.91 Å². The van der Waals surface area contributed by atoms with Crippen molar-refractivity contribution < 1.29 is 9.59 Å². The number of carbonyl (C=O) groups excluding carboxylic acids is 2. The summed E-state index contributed by atoms with van der Waals surface area (Å²) in [4.78, 5) is 26.6. The molecule has 2 N–H and O–H groups in total. The summed E-state index contributed by atoms with van der Waals surface area (Å²) in [6, 6.07) is 13.8. The zero-order chi connectivity index (χ0) is 19.4. The zero-order valence-electron chi connectivity index (χ0n) is 16.2. The van der Waals surface area contributed by atoms with Gasteiger partial charge in [-0.25, -0.2) is 4.79 Å². The molecule has 0 saturated heterocycles. The Balaban J connectivity index is 1.58. The molecule has 0 heterocycles. The van der Waals surface area contributed by atoms with E-state index in [-0.39, 0.29) is 18.5 Å². The van der Waals surface area contributed by atoms with E-state index in [9.17, 15) is 9.59 Å². The van der Waals surface area contributed by atoms with E-state index >= 15 is 0 Å². The Morgan fingerprint density at radius 1 is 1.11 bits per heavy atom. The van der Waals surface area contributed by atoms with Gasteiger partial charge in [0.05, 0.1) is 6.54 Å². The molecule has 3 rings (SSSR count). The Morgan fingerprint density at radius 2 is 1.89 bits per heavy atom. The molecule has 0 unspecified atom stereocenters. The molecule has 0 spiro atoms. The number of hydrogen-bond donors (Lipinski definition) is 2. The first kappa shape index (κ1) is 19.1. The predicted molar refractivity (Wildman–Crippen MR) is 108 cm³/mol. The molecule has 1 atom stereocenters. The molecule has 5 heteroatoms. The molecule has 0 fully saturated rings. The van der Waals surface area contributed by atoms with Crippen LogP contribution in [0.15, 0.2) is 42.5 Å². The lowest BCUT2D eigenvalue weighted by atomic mass is 9.87. The maximum absolute atomic E-state index is 12.3. The predicted octanol–water partition coefficient (Wildman–Crippen LogP) is 3.96. The first-order valence-corrected chi connectivity index (χ1v) is 9.41. The molecular weight excluding hydrogens is 338 g/mol. The lowest BCUT2D eigenvalue weighted by Gasteiger charge is -2.32. The quantitative estimate of drug-likeness (QED) is 0.862. The summed E-state index contributed by atoms with van der Waals surface area (Å²) in [5.74, 6) is -0.302. The van der Waals surface area contributed by atoms with E-state index in [2.05, 4.69) is 28.8 Å². The zero-order valence-corrected chi connectivity index (χ0v) is 16.2. The van der Waals surface area contributed by atoms with Gasteiger partial charge in [-0.05, 0) is 68.5 Å². The highest BCUT2D eigenvalue weighted by atomic mass is 16.2. The van der Waals surface area contributed by atoms with Crippen LogP contribution in [0.3, 0.4) is 0 Å². The van der Waals surface area contributed by atoms with Crippen LogP contribution in [0.1, 0.15) is 41.1 Å². The number of anilines is 1. The number of aryl methyl sites for hydroxylation is 2. The Labute approximate surface area is 160 Å². The number of urea groups is 1. The molecule has 1 aliphatic carbocycles. The molecule has 0 aromatic heterocycles. The molecule has 2 aromatic carbocycles. The first-order valence-electron chi connectivity index (χ1n) is 9.41. The third kappa shape index (κ3) is 4.55. The van der Waals surface area contributed by atoms with E-state index in [1.807, 2.05) is 50.1 Å². The number of likely N-dealkylation sites (N-methyl/N-ethyl adjacent to an activating group) is 1. The summed E-state index contributed by atoms with van der Waals surface area (Å²) in [5.41, 5.74) is 5.45. The van der Waals surface area contributed by atoms with Crippen LogP contribution in [0.5, 0.6) is 0 Å². The van der Waals surface area contributed by atoms with Gasteiger partial charge < -0.3 is 5.32 Å². The molecular formula is C22H27N3O2. The summed E-state index contributed by atoms with van der Waals surface area (Å²) >= 11 is 0. The fourth-order valence-corrected chi connectivity index (χ4v) is 3.73. The number of amides is 3. The largest absolute Gasteiger partial charge is 0.325 e. The Morgan fingerprint density at radius 3 is 2.70 bits per heavy atom. The average Bonchev–Trinajstić information content (AvgIpc) is 2.64. The van der Waals surface area contributed by atoms with Gasteiger partial charge >= 0.3 is 6.03 Å². The van der Waals surface area contributed by atoms with E-state index in [0.29, 0.717) is 0 Å². The third-order valence-electron chi connectivity index (χ3n) is 5.37. The minimum Gasteiger partial charge on any atom is -0.307 e. The van der Waals surface area contributed by atoms with Crippen LogP contribution < -0.4 is 10.6 Å². The van der Waals surface area contributed by atoms with Gasteiger partial charge in [-0.2, -0.15) is 0 Å². The van der Waals surface area contributed by atoms with Crippen molar-refractivity contribution in [3.63, 3.8) is 0 Å². The first-order chi connectivity index (χ1) is 13.0. The molecule has 5 nitrogen and oxygen atoms in total. The summed E-state index contributed by atoms with van der Waals surface area (Å²) in [6.45, 7) is 4.11. The average molecular weight is 365 g/mol. The van der Waals surface area contributed by atoms with Crippen molar-refractivity contribution >= 4 is 17.6 Å². The summed E-state index contributed by atoms with van der Waals surface area (Å²) in [7, 11) is 1.94. The summed E-state index contributed by atoms with van der Waals surface area (Å²) < 4.78 is 0. The van der Waals surface area contributed by atoms with E-state index < -0.39 is 6.03 Å². The number of benzene rings is 2. The van der Waals surface area contributed by atoms with Crippen molar-refractivity contribution in [3.05, 3.63) is 64.7 Å². The highest BCUT2D eigenvalue weighted by Crippen LogP contribution is 2.33. The smallest absolute Gasteiger partial charge is 0.307 e. The minimum atomic E-state index is -0.494. The van der Waals surface area contributed by atoms with Crippen molar-refractivity contribution in [2.24, 2.45) is 0 Å². The molecule has 0 aliphatic heterocycles. The highest BCUT2D eigenvalue weighted by molar-refractivity contribution is 6.02. The third-order valence-corrected chi connectivity index (χ3v) is 5.37. The molecule has 142 valence electrons. The number of hydrogen-bond acceptors (Lipinski definition) is 3. The highest BCUT2D eigenvalue weighted by Gasteiger charge is 2.25. The van der Waals surface area contributed by atoms with Gasteiger partial charge in [0, 0.05) is 11.7 Å². The molecule has 27 heavy (non-hydrogen) atoms. The van der Waals surface area contributed by atoms with Crippen LogP contribution in [0, 0.1) is 13.8 Å². The van der Waals surface area contributed by atoms with Crippen molar-refractivity contribution in [2.45, 2.75) is 39.2 Å². The van der Waals surface area contributed by atoms with E-state index in [4.69, 9.17) is 0 Å². The topological polar surface area (TPSA) is 61.4 Å². The lowest BCUT2D eigenvalue weighted by molar-refractivity contribution is -0.121. The van der Waals surface area contributed by atoms with Crippen LogP contribution in [-0.2, 0) is 11.2 Å². The Bertz CT molecular complexity index is 847. The fourth-order valence-electron chi connectivity index (χ4n) is 3.73. The number of imide groups is 1. The fraction of sp³-hybridized carbons (Fsp3) is 0.364.